The van der Waals surface area contributed by atoms with Crippen LogP contribution >= 0.6 is 11.3 Å². The summed E-state index contributed by atoms with van der Waals surface area (Å²) < 4.78 is 2.83. The molecule has 6 heteroatoms. The number of benzene rings is 1. The fraction of sp³-hybridized carbons (Fsp3) is 0.133. The monoisotopic (exact) mass is 298 g/mol. The summed E-state index contributed by atoms with van der Waals surface area (Å²) in [5.41, 5.74) is 1.87. The fourth-order valence-electron chi connectivity index (χ4n) is 1.92. The maximum absolute atomic E-state index is 11.8. The molecule has 2 aromatic heterocycles. The Morgan fingerprint density at radius 2 is 2.29 bits per heavy atom. The molecule has 1 aromatic carbocycles. The van der Waals surface area contributed by atoms with Crippen LogP contribution in [0.25, 0.3) is 16.3 Å². The number of aryl methyl sites for hydroxylation is 1. The van der Waals surface area contributed by atoms with Gasteiger partial charge in [0.05, 0.1) is 23.0 Å². The fourth-order valence-corrected chi connectivity index (χ4v) is 2.82. The average molecular weight is 298 g/mol. The molecule has 0 atom stereocenters. The number of fused-ring (bicyclic) bond motifs is 1. The number of nitrogens with zero attached hydrogens (tertiary/aromatic N) is 3. The summed E-state index contributed by atoms with van der Waals surface area (Å²) in [6.45, 7) is 0.440. The van der Waals surface area contributed by atoms with Crippen LogP contribution in [0.5, 0.6) is 0 Å². The first kappa shape index (κ1) is 13.5. The van der Waals surface area contributed by atoms with Crippen molar-refractivity contribution in [3.63, 3.8) is 0 Å². The average Bonchev–Trinajstić information content (AvgIpc) is 3.08. The van der Waals surface area contributed by atoms with E-state index in [1.807, 2.05) is 37.5 Å². The lowest BCUT2D eigenvalue weighted by molar-refractivity contribution is -0.116. The number of carbonyl (C=O) groups is 1. The molecule has 0 saturated carbocycles. The summed E-state index contributed by atoms with van der Waals surface area (Å²) in [7, 11) is 1.84. The molecule has 0 unspecified atom stereocenters. The van der Waals surface area contributed by atoms with Crippen LogP contribution in [0.4, 0.5) is 0 Å². The van der Waals surface area contributed by atoms with Crippen LogP contribution in [0.1, 0.15) is 10.6 Å². The van der Waals surface area contributed by atoms with Gasteiger partial charge in [0.2, 0.25) is 5.91 Å². The molecule has 3 rings (SSSR count). The minimum atomic E-state index is -0.141. The second-order valence-corrected chi connectivity index (χ2v) is 5.69. The number of rotatable bonds is 4. The molecule has 2 heterocycles. The van der Waals surface area contributed by atoms with Crippen molar-refractivity contribution in [1.29, 1.82) is 0 Å². The van der Waals surface area contributed by atoms with E-state index in [4.69, 9.17) is 0 Å². The van der Waals surface area contributed by atoms with Gasteiger partial charge in [-0.15, -0.1) is 11.3 Å². The third kappa shape index (κ3) is 3.35. The van der Waals surface area contributed by atoms with Gasteiger partial charge in [-0.25, -0.2) is 4.98 Å². The number of aromatic nitrogens is 3. The zero-order chi connectivity index (χ0) is 14.7. The molecule has 0 bridgehead atoms. The van der Waals surface area contributed by atoms with Gasteiger partial charge < -0.3 is 5.32 Å². The second kappa shape index (κ2) is 5.88. The predicted molar refractivity (Wildman–Crippen MR) is 83.7 cm³/mol. The summed E-state index contributed by atoms with van der Waals surface area (Å²) in [6.07, 6.45) is 6.79. The highest BCUT2D eigenvalue weighted by Crippen LogP contribution is 2.21. The molecule has 0 spiro atoms. The maximum Gasteiger partial charge on any atom is 0.244 e. The molecule has 21 heavy (non-hydrogen) atoms. The lowest BCUT2D eigenvalue weighted by Gasteiger charge is -1.97. The van der Waals surface area contributed by atoms with E-state index in [0.29, 0.717) is 6.54 Å². The van der Waals surface area contributed by atoms with Crippen molar-refractivity contribution in [2.75, 3.05) is 0 Å². The zero-order valence-corrected chi connectivity index (χ0v) is 12.3. The molecule has 0 aliphatic heterocycles. The Kier molecular flexibility index (Phi) is 3.79. The maximum atomic E-state index is 11.8. The zero-order valence-electron chi connectivity index (χ0n) is 11.5. The lowest BCUT2D eigenvalue weighted by Crippen LogP contribution is -2.19. The number of carbonyl (C=O) groups excluding carboxylic acids is 1. The lowest BCUT2D eigenvalue weighted by atomic mass is 10.3. The van der Waals surface area contributed by atoms with Crippen molar-refractivity contribution in [2.45, 2.75) is 6.54 Å². The molecule has 1 amide bonds. The van der Waals surface area contributed by atoms with Crippen LogP contribution in [0, 0.1) is 0 Å². The molecular weight excluding hydrogens is 284 g/mol. The van der Waals surface area contributed by atoms with Gasteiger partial charge in [0.15, 0.2) is 0 Å². The molecule has 0 fully saturated rings. The predicted octanol–water partition coefficient (Wildman–Crippen LogP) is 2.36. The Bertz CT molecular complexity index is 770. The van der Waals surface area contributed by atoms with Crippen LogP contribution in [-0.2, 0) is 18.4 Å². The highest BCUT2D eigenvalue weighted by Gasteiger charge is 2.04. The van der Waals surface area contributed by atoms with E-state index in [9.17, 15) is 4.79 Å². The van der Waals surface area contributed by atoms with Crippen molar-refractivity contribution in [3.8, 4) is 0 Å². The first-order chi connectivity index (χ1) is 10.2. The van der Waals surface area contributed by atoms with E-state index < -0.39 is 0 Å². The molecule has 0 saturated heterocycles. The summed E-state index contributed by atoms with van der Waals surface area (Å²) in [5, 5.41) is 7.77. The molecule has 0 aliphatic rings. The minimum Gasteiger partial charge on any atom is -0.346 e. The van der Waals surface area contributed by atoms with Crippen molar-refractivity contribution in [1.82, 2.24) is 20.1 Å². The van der Waals surface area contributed by atoms with Gasteiger partial charge in [0, 0.05) is 24.9 Å². The first-order valence-electron chi connectivity index (χ1n) is 6.50. The smallest absolute Gasteiger partial charge is 0.244 e. The van der Waals surface area contributed by atoms with Crippen LogP contribution in [0.2, 0.25) is 0 Å². The highest BCUT2D eigenvalue weighted by atomic mass is 32.1. The molecule has 106 valence electrons. The third-order valence-electron chi connectivity index (χ3n) is 2.90. The van der Waals surface area contributed by atoms with E-state index >= 15 is 0 Å². The number of thiazole rings is 1. The first-order valence-corrected chi connectivity index (χ1v) is 7.31. The van der Waals surface area contributed by atoms with Crippen LogP contribution in [0.3, 0.4) is 0 Å². The van der Waals surface area contributed by atoms with Crippen molar-refractivity contribution >= 4 is 33.5 Å². The van der Waals surface area contributed by atoms with Gasteiger partial charge in [0.1, 0.15) is 5.01 Å². The molecule has 0 aliphatic carbocycles. The Morgan fingerprint density at radius 3 is 3.05 bits per heavy atom. The number of amides is 1. The van der Waals surface area contributed by atoms with Gasteiger partial charge in [-0.3, -0.25) is 9.48 Å². The van der Waals surface area contributed by atoms with E-state index in [1.54, 1.807) is 28.3 Å². The second-order valence-electron chi connectivity index (χ2n) is 4.57. The highest BCUT2D eigenvalue weighted by molar-refractivity contribution is 7.18. The molecule has 3 aromatic rings. The Labute approximate surface area is 125 Å². The van der Waals surface area contributed by atoms with Crippen molar-refractivity contribution in [2.24, 2.45) is 7.05 Å². The molecule has 1 N–H and O–H groups in total. The van der Waals surface area contributed by atoms with Crippen molar-refractivity contribution < 1.29 is 4.79 Å². The van der Waals surface area contributed by atoms with Gasteiger partial charge in [-0.1, -0.05) is 12.1 Å². The number of hydrogen-bond donors (Lipinski definition) is 1. The van der Waals surface area contributed by atoms with Gasteiger partial charge >= 0.3 is 0 Å². The van der Waals surface area contributed by atoms with Gasteiger partial charge in [0.25, 0.3) is 0 Å². The van der Waals surface area contributed by atoms with Crippen molar-refractivity contribution in [3.05, 3.63) is 53.3 Å². The molecule has 0 radical (unpaired) electrons. The van der Waals surface area contributed by atoms with E-state index in [-0.39, 0.29) is 5.91 Å². The molecular formula is C15H14N4OS. The Hall–Kier alpha value is -2.47. The summed E-state index contributed by atoms with van der Waals surface area (Å²) >= 11 is 1.59. The van der Waals surface area contributed by atoms with E-state index in [0.717, 1.165) is 20.8 Å². The van der Waals surface area contributed by atoms with Crippen LogP contribution in [0.15, 0.2) is 42.7 Å². The topological polar surface area (TPSA) is 59.8 Å². The third-order valence-corrected chi connectivity index (χ3v) is 3.94. The van der Waals surface area contributed by atoms with Gasteiger partial charge in [-0.05, 0) is 18.2 Å². The number of nitrogens with one attached hydrogen (secondary N) is 1. The summed E-state index contributed by atoms with van der Waals surface area (Å²) in [5.74, 6) is -0.141. The summed E-state index contributed by atoms with van der Waals surface area (Å²) in [6, 6.07) is 7.95. The standard InChI is InChI=1S/C15H14N4OS/c1-19-10-11(8-17-19)6-7-14(20)16-9-15-18-12-4-2-3-5-13(12)21-15/h2-8,10H,9H2,1H3,(H,16,20). The van der Waals surface area contributed by atoms with Crippen LogP contribution in [-0.4, -0.2) is 20.7 Å². The number of hydrogen-bond acceptors (Lipinski definition) is 4. The van der Waals surface area contributed by atoms with Crippen LogP contribution < -0.4 is 5.32 Å². The van der Waals surface area contributed by atoms with E-state index in [1.165, 1.54) is 6.08 Å². The number of para-hydroxylation sites is 1. The van der Waals surface area contributed by atoms with E-state index in [2.05, 4.69) is 15.4 Å². The Morgan fingerprint density at radius 1 is 1.43 bits per heavy atom. The summed E-state index contributed by atoms with van der Waals surface area (Å²) in [4.78, 5) is 16.2. The normalized spacial score (nSPS) is 11.3. The quantitative estimate of drug-likeness (QED) is 0.752. The minimum absolute atomic E-state index is 0.141. The van der Waals surface area contributed by atoms with Gasteiger partial charge in [-0.2, -0.15) is 5.10 Å². The SMILES string of the molecule is Cn1cc(C=CC(=O)NCc2nc3ccccc3s2)cn1. The molecule has 5 nitrogen and oxygen atoms in total. The Balaban J connectivity index is 1.59. The largest absolute Gasteiger partial charge is 0.346 e.